The third-order valence-corrected chi connectivity index (χ3v) is 5.06. The minimum Gasteiger partial charge on any atom is -0.501 e. The van der Waals surface area contributed by atoms with E-state index >= 15 is 0 Å². The fourth-order valence-corrected chi connectivity index (χ4v) is 1.99. The van der Waals surface area contributed by atoms with Gasteiger partial charge in [0.25, 0.3) is 0 Å². The fourth-order valence-electron chi connectivity index (χ4n) is 1.43. The molecule has 0 saturated carbocycles. The molecule has 0 saturated heterocycles. The standard InChI is InChI=1S/C10H18O4S/c1-10(2,15(3,12)13)9(11)8-5-4-6-14-7-8/h7,9,11H,4-6H2,1-3H3. The van der Waals surface area contributed by atoms with Crippen LogP contribution >= 0.6 is 0 Å². The first-order valence-electron chi connectivity index (χ1n) is 4.95. The molecule has 0 spiro atoms. The zero-order chi connectivity index (χ0) is 11.7. The number of rotatable bonds is 3. The van der Waals surface area contributed by atoms with Gasteiger partial charge in [0.15, 0.2) is 9.84 Å². The predicted molar refractivity (Wildman–Crippen MR) is 58.2 cm³/mol. The van der Waals surface area contributed by atoms with Crippen LogP contribution in [0.4, 0.5) is 0 Å². The fraction of sp³-hybridized carbons (Fsp3) is 0.800. The molecule has 88 valence electrons. The number of hydrogen-bond donors (Lipinski definition) is 1. The van der Waals surface area contributed by atoms with Gasteiger partial charge in [0.1, 0.15) is 0 Å². The molecule has 0 aromatic heterocycles. The molecule has 1 atom stereocenters. The van der Waals surface area contributed by atoms with E-state index in [0.29, 0.717) is 18.6 Å². The number of ether oxygens (including phenoxy) is 1. The molecular weight excluding hydrogens is 216 g/mol. The lowest BCUT2D eigenvalue weighted by atomic mass is 9.95. The van der Waals surface area contributed by atoms with Crippen LogP contribution in [0, 0.1) is 0 Å². The number of aliphatic hydroxyl groups excluding tert-OH is 1. The van der Waals surface area contributed by atoms with E-state index in [4.69, 9.17) is 4.74 Å². The van der Waals surface area contributed by atoms with Crippen LogP contribution in [0.2, 0.25) is 0 Å². The van der Waals surface area contributed by atoms with Gasteiger partial charge in [-0.2, -0.15) is 0 Å². The maximum absolute atomic E-state index is 11.5. The van der Waals surface area contributed by atoms with Crippen molar-refractivity contribution in [3.05, 3.63) is 11.8 Å². The molecule has 0 aromatic rings. The molecule has 0 bridgehead atoms. The lowest BCUT2D eigenvalue weighted by molar-refractivity contribution is 0.143. The van der Waals surface area contributed by atoms with Gasteiger partial charge in [0, 0.05) is 6.26 Å². The largest absolute Gasteiger partial charge is 0.501 e. The maximum Gasteiger partial charge on any atom is 0.155 e. The Morgan fingerprint density at radius 3 is 2.53 bits per heavy atom. The summed E-state index contributed by atoms with van der Waals surface area (Å²) in [6, 6.07) is 0. The van der Waals surface area contributed by atoms with Gasteiger partial charge in [0.05, 0.1) is 23.7 Å². The number of hydrogen-bond acceptors (Lipinski definition) is 4. The molecule has 5 heteroatoms. The highest BCUT2D eigenvalue weighted by Gasteiger charge is 2.40. The molecule has 1 aliphatic heterocycles. The Hall–Kier alpha value is -0.550. The monoisotopic (exact) mass is 234 g/mol. The van der Waals surface area contributed by atoms with Gasteiger partial charge in [-0.05, 0) is 32.3 Å². The van der Waals surface area contributed by atoms with E-state index in [9.17, 15) is 13.5 Å². The average molecular weight is 234 g/mol. The Kier molecular flexibility index (Phi) is 3.45. The van der Waals surface area contributed by atoms with E-state index in [1.807, 2.05) is 0 Å². The molecule has 1 heterocycles. The third-order valence-electron chi connectivity index (χ3n) is 2.93. The molecule has 0 aliphatic carbocycles. The molecule has 1 aliphatic rings. The quantitative estimate of drug-likeness (QED) is 0.787. The first kappa shape index (κ1) is 12.5. The highest BCUT2D eigenvalue weighted by atomic mass is 32.2. The van der Waals surface area contributed by atoms with Gasteiger partial charge in [-0.3, -0.25) is 0 Å². The van der Waals surface area contributed by atoms with Crippen LogP contribution in [0.1, 0.15) is 26.7 Å². The van der Waals surface area contributed by atoms with Crippen molar-refractivity contribution in [3.8, 4) is 0 Å². The minimum atomic E-state index is -3.30. The summed E-state index contributed by atoms with van der Waals surface area (Å²) in [7, 11) is -3.30. The summed E-state index contributed by atoms with van der Waals surface area (Å²) < 4.78 is 26.9. The van der Waals surface area contributed by atoms with Crippen LogP contribution in [0.3, 0.4) is 0 Å². The van der Waals surface area contributed by atoms with Gasteiger partial charge in [-0.15, -0.1) is 0 Å². The van der Waals surface area contributed by atoms with Crippen LogP contribution in [0.15, 0.2) is 11.8 Å². The topological polar surface area (TPSA) is 63.6 Å². The van der Waals surface area contributed by atoms with Crippen LogP contribution < -0.4 is 0 Å². The Bertz CT molecular complexity index is 354. The second kappa shape index (κ2) is 4.14. The molecule has 0 fully saturated rings. The Morgan fingerprint density at radius 1 is 1.53 bits per heavy atom. The maximum atomic E-state index is 11.5. The summed E-state index contributed by atoms with van der Waals surface area (Å²) in [5.74, 6) is 0. The molecule has 0 aromatic carbocycles. The average Bonchev–Trinajstić information content (AvgIpc) is 2.16. The van der Waals surface area contributed by atoms with Crippen molar-refractivity contribution in [3.63, 3.8) is 0 Å². The van der Waals surface area contributed by atoms with E-state index < -0.39 is 20.7 Å². The second-order valence-electron chi connectivity index (χ2n) is 4.45. The molecule has 4 nitrogen and oxygen atoms in total. The van der Waals surface area contributed by atoms with Crippen molar-refractivity contribution >= 4 is 9.84 Å². The Labute approximate surface area is 90.9 Å². The summed E-state index contributed by atoms with van der Waals surface area (Å²) >= 11 is 0. The van der Waals surface area contributed by atoms with E-state index in [2.05, 4.69) is 0 Å². The van der Waals surface area contributed by atoms with Gasteiger partial charge < -0.3 is 9.84 Å². The third kappa shape index (κ3) is 2.52. The first-order valence-corrected chi connectivity index (χ1v) is 6.84. The predicted octanol–water partition coefficient (Wildman–Crippen LogP) is 0.865. The first-order chi connectivity index (χ1) is 6.77. The van der Waals surface area contributed by atoms with Crippen molar-refractivity contribution in [2.75, 3.05) is 12.9 Å². The van der Waals surface area contributed by atoms with Gasteiger partial charge in [-0.1, -0.05) is 0 Å². The van der Waals surface area contributed by atoms with Crippen molar-refractivity contribution in [2.45, 2.75) is 37.5 Å². The summed E-state index contributed by atoms with van der Waals surface area (Å²) in [5, 5.41) is 10.0. The molecule has 0 radical (unpaired) electrons. The summed E-state index contributed by atoms with van der Waals surface area (Å²) in [5.41, 5.74) is 0.664. The Morgan fingerprint density at radius 2 is 2.13 bits per heavy atom. The van der Waals surface area contributed by atoms with Crippen LogP contribution in [-0.2, 0) is 14.6 Å². The molecule has 15 heavy (non-hydrogen) atoms. The van der Waals surface area contributed by atoms with E-state index in [1.54, 1.807) is 0 Å². The SMILES string of the molecule is CC(C)(C(O)C1=COCCC1)S(C)(=O)=O. The highest BCUT2D eigenvalue weighted by molar-refractivity contribution is 7.92. The normalized spacial score (nSPS) is 20.4. The van der Waals surface area contributed by atoms with Gasteiger partial charge >= 0.3 is 0 Å². The summed E-state index contributed by atoms with van der Waals surface area (Å²) in [6.07, 6.45) is 3.15. The number of aliphatic hydroxyl groups is 1. The van der Waals surface area contributed by atoms with Crippen molar-refractivity contribution in [2.24, 2.45) is 0 Å². The van der Waals surface area contributed by atoms with Crippen molar-refractivity contribution < 1.29 is 18.3 Å². The lowest BCUT2D eigenvalue weighted by Crippen LogP contribution is -2.44. The summed E-state index contributed by atoms with van der Waals surface area (Å²) in [6.45, 7) is 3.69. The smallest absolute Gasteiger partial charge is 0.155 e. The minimum absolute atomic E-state index is 0.634. The molecule has 0 amide bonds. The van der Waals surface area contributed by atoms with E-state index in [1.165, 1.54) is 20.1 Å². The molecule has 1 N–H and O–H groups in total. The van der Waals surface area contributed by atoms with E-state index in [0.717, 1.165) is 12.7 Å². The van der Waals surface area contributed by atoms with Crippen LogP contribution in [0.25, 0.3) is 0 Å². The Balaban J connectivity index is 2.93. The molecule has 1 rings (SSSR count). The van der Waals surface area contributed by atoms with Crippen molar-refractivity contribution in [1.29, 1.82) is 0 Å². The number of sulfone groups is 1. The lowest BCUT2D eigenvalue weighted by Gasteiger charge is -2.31. The van der Waals surface area contributed by atoms with Crippen molar-refractivity contribution in [1.82, 2.24) is 0 Å². The van der Waals surface area contributed by atoms with E-state index in [-0.39, 0.29) is 0 Å². The van der Waals surface area contributed by atoms with Gasteiger partial charge in [0.2, 0.25) is 0 Å². The van der Waals surface area contributed by atoms with Crippen LogP contribution in [-0.4, -0.2) is 37.2 Å². The van der Waals surface area contributed by atoms with Crippen LogP contribution in [0.5, 0.6) is 0 Å². The summed E-state index contributed by atoms with van der Waals surface area (Å²) in [4.78, 5) is 0. The molecule has 1 unspecified atom stereocenters. The zero-order valence-electron chi connectivity index (χ0n) is 9.36. The highest BCUT2D eigenvalue weighted by Crippen LogP contribution is 2.28. The second-order valence-corrected chi connectivity index (χ2v) is 7.04. The van der Waals surface area contributed by atoms with Gasteiger partial charge in [-0.25, -0.2) is 8.42 Å². The zero-order valence-corrected chi connectivity index (χ0v) is 10.2. The molecular formula is C10H18O4S.